The zero-order valence-corrected chi connectivity index (χ0v) is 19.5. The van der Waals surface area contributed by atoms with Crippen LogP contribution in [0.4, 0.5) is 0 Å². The van der Waals surface area contributed by atoms with Gasteiger partial charge in [0.25, 0.3) is 11.5 Å². The molecule has 0 spiro atoms. The number of carbonyl (C=O) groups excluding carboxylic acids is 1. The molecular weight excluding hydrogens is 430 g/mol. The van der Waals surface area contributed by atoms with Crippen LogP contribution in [0.25, 0.3) is 16.5 Å². The van der Waals surface area contributed by atoms with Crippen molar-refractivity contribution in [3.05, 3.63) is 87.2 Å². The van der Waals surface area contributed by atoms with E-state index in [4.69, 9.17) is 0 Å². The van der Waals surface area contributed by atoms with Crippen molar-refractivity contribution in [3.8, 4) is 0 Å². The van der Waals surface area contributed by atoms with Crippen molar-refractivity contribution < 1.29 is 4.79 Å². The Morgan fingerprint density at radius 3 is 2.85 bits per heavy atom. The van der Waals surface area contributed by atoms with Crippen LogP contribution in [0.3, 0.4) is 0 Å². The number of carbonyl (C=O) groups is 1. The molecule has 5 rings (SSSR count). The number of fused-ring (bicyclic) bond motifs is 3. The lowest BCUT2D eigenvalue weighted by molar-refractivity contribution is 0.0953. The average Bonchev–Trinajstić information content (AvgIpc) is 2.87. The van der Waals surface area contributed by atoms with E-state index in [0.717, 1.165) is 65.8 Å². The highest BCUT2D eigenvalue weighted by Crippen LogP contribution is 2.28. The fraction of sp³-hybridized carbons (Fsp3) is 0.333. The maximum Gasteiger partial charge on any atom is 0.252 e. The molecule has 3 aromatic rings. The number of rotatable bonds is 6. The number of thioether (sulfide) groups is 1. The summed E-state index contributed by atoms with van der Waals surface area (Å²) in [7, 11) is 0. The normalized spacial score (nSPS) is 17.9. The molecule has 0 saturated carbocycles. The number of benzene rings is 2. The molecule has 2 aliphatic heterocycles. The SMILES string of the molecule is O=C(NCCCC1C=C(c2ccccc2)CCN1)c1ccc2[nH]c(=O)c3c(c2c1)CCSC3. The number of amides is 1. The van der Waals surface area contributed by atoms with Crippen molar-refractivity contribution in [2.45, 2.75) is 37.5 Å². The molecule has 1 aromatic heterocycles. The van der Waals surface area contributed by atoms with Gasteiger partial charge in [-0.15, -0.1) is 0 Å². The maximum absolute atomic E-state index is 12.8. The molecule has 1 atom stereocenters. The minimum absolute atomic E-state index is 0.00250. The van der Waals surface area contributed by atoms with Gasteiger partial charge in [0.15, 0.2) is 0 Å². The van der Waals surface area contributed by atoms with Crippen LogP contribution < -0.4 is 16.2 Å². The second kappa shape index (κ2) is 9.98. The molecule has 0 radical (unpaired) electrons. The predicted octanol–water partition coefficient (Wildman–Crippen LogP) is 4.27. The summed E-state index contributed by atoms with van der Waals surface area (Å²) in [5.74, 6) is 1.70. The first-order valence-electron chi connectivity index (χ1n) is 11.7. The van der Waals surface area contributed by atoms with E-state index in [9.17, 15) is 9.59 Å². The number of pyridine rings is 1. The van der Waals surface area contributed by atoms with Gasteiger partial charge >= 0.3 is 0 Å². The first-order valence-corrected chi connectivity index (χ1v) is 12.9. The van der Waals surface area contributed by atoms with Gasteiger partial charge in [-0.1, -0.05) is 36.4 Å². The molecule has 33 heavy (non-hydrogen) atoms. The average molecular weight is 460 g/mol. The first-order chi connectivity index (χ1) is 16.2. The summed E-state index contributed by atoms with van der Waals surface area (Å²) in [6.45, 7) is 1.63. The van der Waals surface area contributed by atoms with Gasteiger partial charge in [0, 0.05) is 40.4 Å². The number of hydrogen-bond acceptors (Lipinski definition) is 4. The number of nitrogens with one attached hydrogen (secondary N) is 3. The highest BCUT2D eigenvalue weighted by molar-refractivity contribution is 7.98. The van der Waals surface area contributed by atoms with Crippen LogP contribution in [0.5, 0.6) is 0 Å². The van der Waals surface area contributed by atoms with Gasteiger partial charge in [-0.05, 0) is 72.9 Å². The molecule has 6 heteroatoms. The summed E-state index contributed by atoms with van der Waals surface area (Å²) in [6.07, 6.45) is 6.16. The van der Waals surface area contributed by atoms with Crippen molar-refractivity contribution in [1.29, 1.82) is 0 Å². The van der Waals surface area contributed by atoms with Crippen LogP contribution in [0.1, 0.15) is 46.3 Å². The van der Waals surface area contributed by atoms with E-state index in [1.165, 1.54) is 11.1 Å². The zero-order chi connectivity index (χ0) is 22.6. The third kappa shape index (κ3) is 4.92. The minimum atomic E-state index is -0.0563. The van der Waals surface area contributed by atoms with Gasteiger partial charge < -0.3 is 15.6 Å². The second-order valence-corrected chi connectivity index (χ2v) is 9.85. The van der Waals surface area contributed by atoms with Crippen molar-refractivity contribution in [1.82, 2.24) is 15.6 Å². The van der Waals surface area contributed by atoms with Gasteiger partial charge in [0.05, 0.1) is 0 Å². The van der Waals surface area contributed by atoms with E-state index >= 15 is 0 Å². The van der Waals surface area contributed by atoms with Gasteiger partial charge in [0.2, 0.25) is 0 Å². The molecule has 0 aliphatic carbocycles. The van der Waals surface area contributed by atoms with Crippen molar-refractivity contribution in [2.24, 2.45) is 0 Å². The van der Waals surface area contributed by atoms with E-state index in [0.29, 0.717) is 18.2 Å². The van der Waals surface area contributed by atoms with Crippen molar-refractivity contribution >= 4 is 34.1 Å². The number of hydrogen-bond donors (Lipinski definition) is 3. The summed E-state index contributed by atoms with van der Waals surface area (Å²) in [4.78, 5) is 28.1. The van der Waals surface area contributed by atoms with Gasteiger partial charge in [0.1, 0.15) is 0 Å². The smallest absolute Gasteiger partial charge is 0.252 e. The minimum Gasteiger partial charge on any atom is -0.352 e. The summed E-state index contributed by atoms with van der Waals surface area (Å²) < 4.78 is 0. The van der Waals surface area contributed by atoms with Gasteiger partial charge in [-0.3, -0.25) is 9.59 Å². The summed E-state index contributed by atoms with van der Waals surface area (Å²) in [6, 6.07) is 16.5. The predicted molar refractivity (Wildman–Crippen MR) is 137 cm³/mol. The maximum atomic E-state index is 12.8. The zero-order valence-electron chi connectivity index (χ0n) is 18.7. The summed E-state index contributed by atoms with van der Waals surface area (Å²) in [5, 5.41) is 7.65. The molecular formula is C27H29N3O2S. The van der Waals surface area contributed by atoms with Crippen LogP contribution in [-0.2, 0) is 12.2 Å². The number of aromatic amines is 1. The third-order valence-electron chi connectivity index (χ3n) is 6.56. The lowest BCUT2D eigenvalue weighted by Crippen LogP contribution is -2.33. The second-order valence-electron chi connectivity index (χ2n) is 8.74. The van der Waals surface area contributed by atoms with E-state index in [1.54, 1.807) is 17.8 Å². The van der Waals surface area contributed by atoms with Crippen LogP contribution >= 0.6 is 11.8 Å². The Labute approximate surface area is 198 Å². The number of aryl methyl sites for hydroxylation is 1. The molecule has 0 bridgehead atoms. The molecule has 5 nitrogen and oxygen atoms in total. The first kappa shape index (κ1) is 22.0. The lowest BCUT2D eigenvalue weighted by atomic mass is 9.95. The Morgan fingerprint density at radius 1 is 1.09 bits per heavy atom. The molecule has 0 saturated heterocycles. The molecule has 0 fully saturated rings. The van der Waals surface area contributed by atoms with E-state index in [1.807, 2.05) is 18.2 Å². The third-order valence-corrected chi connectivity index (χ3v) is 7.55. The lowest BCUT2D eigenvalue weighted by Gasteiger charge is -2.23. The molecule has 170 valence electrons. The fourth-order valence-electron chi connectivity index (χ4n) is 4.81. The highest BCUT2D eigenvalue weighted by Gasteiger charge is 2.18. The topological polar surface area (TPSA) is 74.0 Å². The highest BCUT2D eigenvalue weighted by atomic mass is 32.2. The largest absolute Gasteiger partial charge is 0.352 e. The standard InChI is InChI=1S/C27H29N3O2S/c31-26(20-8-9-25-23(16-20)22-11-14-33-17-24(22)27(32)30-25)29-12-4-7-21-15-19(10-13-28-21)18-5-2-1-3-6-18/h1-3,5-6,8-9,15-16,21,28H,4,7,10-14,17H2,(H,29,31)(H,30,32). The van der Waals surface area contributed by atoms with Gasteiger partial charge in [-0.25, -0.2) is 0 Å². The molecule has 1 amide bonds. The Balaban J connectivity index is 1.20. The molecule has 2 aliphatic rings. The van der Waals surface area contributed by atoms with Crippen LogP contribution in [-0.4, -0.2) is 35.8 Å². The monoisotopic (exact) mass is 459 g/mol. The number of H-pyrrole nitrogens is 1. The van der Waals surface area contributed by atoms with Crippen LogP contribution in [0, 0.1) is 0 Å². The Bertz CT molecular complexity index is 1250. The van der Waals surface area contributed by atoms with Crippen molar-refractivity contribution in [2.75, 3.05) is 18.8 Å². The Kier molecular flexibility index (Phi) is 6.65. The summed E-state index contributed by atoms with van der Waals surface area (Å²) in [5.41, 5.74) is 6.13. The Hall–Kier alpha value is -2.83. The van der Waals surface area contributed by atoms with Gasteiger partial charge in [-0.2, -0.15) is 11.8 Å². The van der Waals surface area contributed by atoms with E-state index in [-0.39, 0.29) is 11.5 Å². The van der Waals surface area contributed by atoms with Crippen LogP contribution in [0.15, 0.2) is 59.4 Å². The summed E-state index contributed by atoms with van der Waals surface area (Å²) >= 11 is 1.79. The Morgan fingerprint density at radius 2 is 1.97 bits per heavy atom. The molecule has 3 N–H and O–H groups in total. The number of aromatic nitrogens is 1. The fourth-order valence-corrected chi connectivity index (χ4v) is 5.81. The van der Waals surface area contributed by atoms with E-state index < -0.39 is 0 Å². The molecule has 2 aromatic carbocycles. The molecule has 1 unspecified atom stereocenters. The van der Waals surface area contributed by atoms with E-state index in [2.05, 4.69) is 46.0 Å². The van der Waals surface area contributed by atoms with Crippen LogP contribution in [0.2, 0.25) is 0 Å². The van der Waals surface area contributed by atoms with Crippen molar-refractivity contribution in [3.63, 3.8) is 0 Å². The quantitative estimate of drug-likeness (QED) is 0.481. The molecule has 3 heterocycles.